The number of ether oxygens (including phenoxy) is 3. The van der Waals surface area contributed by atoms with Crippen LogP contribution in [0.25, 0.3) is 0 Å². The molecule has 6 nitrogen and oxygen atoms in total. The van der Waals surface area contributed by atoms with E-state index < -0.39 is 5.97 Å². The van der Waals surface area contributed by atoms with Crippen molar-refractivity contribution >= 4 is 17.6 Å². The van der Waals surface area contributed by atoms with Crippen molar-refractivity contribution in [2.75, 3.05) is 25.1 Å². The first-order valence-corrected chi connectivity index (χ1v) is 8.37. The number of nitrogens with one attached hydrogen (secondary N) is 1. The Morgan fingerprint density at radius 3 is 2.35 bits per heavy atom. The van der Waals surface area contributed by atoms with Crippen molar-refractivity contribution in [1.82, 2.24) is 0 Å². The second kappa shape index (κ2) is 9.46. The zero-order chi connectivity index (χ0) is 18.9. The van der Waals surface area contributed by atoms with Crippen molar-refractivity contribution < 1.29 is 23.8 Å². The van der Waals surface area contributed by atoms with Crippen molar-refractivity contribution in [2.45, 2.75) is 20.8 Å². The molecule has 2 rings (SSSR count). The minimum Gasteiger partial charge on any atom is -0.483 e. The van der Waals surface area contributed by atoms with Crippen LogP contribution >= 0.6 is 0 Å². The normalized spacial score (nSPS) is 10.1. The maximum absolute atomic E-state index is 12.1. The fraction of sp³-hybridized carbons (Fsp3) is 0.300. The summed E-state index contributed by atoms with van der Waals surface area (Å²) < 4.78 is 15.8. The molecule has 138 valence electrons. The quantitative estimate of drug-likeness (QED) is 0.734. The highest BCUT2D eigenvalue weighted by Gasteiger charge is 2.09. The molecule has 0 saturated carbocycles. The summed E-state index contributed by atoms with van der Waals surface area (Å²) in [6.45, 7) is 5.63. The molecule has 0 aromatic heterocycles. The van der Waals surface area contributed by atoms with E-state index >= 15 is 0 Å². The third kappa shape index (κ3) is 5.81. The number of rotatable bonds is 8. The highest BCUT2D eigenvalue weighted by Crippen LogP contribution is 2.22. The van der Waals surface area contributed by atoms with E-state index in [2.05, 4.69) is 5.32 Å². The van der Waals surface area contributed by atoms with Gasteiger partial charge in [0, 0.05) is 11.8 Å². The third-order valence-corrected chi connectivity index (χ3v) is 3.54. The van der Waals surface area contributed by atoms with Crippen molar-refractivity contribution in [1.29, 1.82) is 0 Å². The van der Waals surface area contributed by atoms with Crippen LogP contribution in [0.1, 0.15) is 18.1 Å². The summed E-state index contributed by atoms with van der Waals surface area (Å²) in [6.07, 6.45) is 0. The molecule has 1 N–H and O–H groups in total. The first-order valence-electron chi connectivity index (χ1n) is 8.37. The molecule has 0 saturated heterocycles. The first-order chi connectivity index (χ1) is 12.5. The van der Waals surface area contributed by atoms with Crippen LogP contribution in [0.15, 0.2) is 42.5 Å². The van der Waals surface area contributed by atoms with Gasteiger partial charge in [-0.2, -0.15) is 0 Å². The molecule has 0 aliphatic heterocycles. The number of anilines is 1. The van der Waals surface area contributed by atoms with E-state index in [0.717, 1.165) is 11.1 Å². The molecule has 2 aromatic carbocycles. The number of carbonyl (C=O) groups excluding carboxylic acids is 2. The molecule has 0 atom stereocenters. The number of benzene rings is 2. The van der Waals surface area contributed by atoms with E-state index in [1.807, 2.05) is 32.0 Å². The maximum Gasteiger partial charge on any atom is 0.344 e. The SMILES string of the molecule is CCOC(=O)COc1cccc(NC(=O)COc2c(C)cccc2C)c1. The second-order valence-corrected chi connectivity index (χ2v) is 5.68. The Morgan fingerprint density at radius 1 is 0.962 bits per heavy atom. The summed E-state index contributed by atoms with van der Waals surface area (Å²) in [6, 6.07) is 12.6. The summed E-state index contributed by atoms with van der Waals surface area (Å²) >= 11 is 0. The van der Waals surface area contributed by atoms with Gasteiger partial charge in [-0.05, 0) is 44.0 Å². The van der Waals surface area contributed by atoms with Gasteiger partial charge in [0.1, 0.15) is 11.5 Å². The average molecular weight is 357 g/mol. The zero-order valence-electron chi connectivity index (χ0n) is 15.2. The molecule has 0 unspecified atom stereocenters. The molecule has 0 aliphatic carbocycles. The van der Waals surface area contributed by atoms with Gasteiger partial charge in [0.15, 0.2) is 13.2 Å². The fourth-order valence-corrected chi connectivity index (χ4v) is 2.37. The smallest absolute Gasteiger partial charge is 0.344 e. The predicted molar refractivity (Wildman–Crippen MR) is 98.6 cm³/mol. The molecule has 0 radical (unpaired) electrons. The molecule has 0 bridgehead atoms. The number of hydrogen-bond donors (Lipinski definition) is 1. The Balaban J connectivity index is 1.89. The zero-order valence-corrected chi connectivity index (χ0v) is 15.2. The Morgan fingerprint density at radius 2 is 1.65 bits per heavy atom. The monoisotopic (exact) mass is 357 g/mol. The Hall–Kier alpha value is -3.02. The average Bonchev–Trinajstić information content (AvgIpc) is 2.60. The number of para-hydroxylation sites is 1. The number of aryl methyl sites for hydroxylation is 2. The number of hydrogen-bond acceptors (Lipinski definition) is 5. The largest absolute Gasteiger partial charge is 0.483 e. The van der Waals surface area contributed by atoms with E-state index in [0.29, 0.717) is 23.8 Å². The van der Waals surface area contributed by atoms with E-state index in [4.69, 9.17) is 14.2 Å². The van der Waals surface area contributed by atoms with Gasteiger partial charge in [-0.15, -0.1) is 0 Å². The number of amides is 1. The lowest BCUT2D eigenvalue weighted by molar-refractivity contribution is -0.145. The summed E-state index contributed by atoms with van der Waals surface area (Å²) in [5.74, 6) is 0.458. The Kier molecular flexibility index (Phi) is 7.02. The number of esters is 1. The lowest BCUT2D eigenvalue weighted by Crippen LogP contribution is -2.20. The van der Waals surface area contributed by atoms with Crippen LogP contribution in [0, 0.1) is 13.8 Å². The van der Waals surface area contributed by atoms with Crippen LogP contribution < -0.4 is 14.8 Å². The van der Waals surface area contributed by atoms with E-state index in [-0.39, 0.29) is 19.1 Å². The van der Waals surface area contributed by atoms with Gasteiger partial charge in [-0.1, -0.05) is 24.3 Å². The lowest BCUT2D eigenvalue weighted by atomic mass is 10.1. The van der Waals surface area contributed by atoms with Crippen LogP contribution in [-0.4, -0.2) is 31.7 Å². The van der Waals surface area contributed by atoms with Crippen LogP contribution in [0.3, 0.4) is 0 Å². The lowest BCUT2D eigenvalue weighted by Gasteiger charge is -2.12. The molecular weight excluding hydrogens is 334 g/mol. The third-order valence-electron chi connectivity index (χ3n) is 3.54. The minimum atomic E-state index is -0.441. The molecule has 0 spiro atoms. The van der Waals surface area contributed by atoms with Gasteiger partial charge >= 0.3 is 5.97 Å². The van der Waals surface area contributed by atoms with E-state index in [1.165, 1.54) is 0 Å². The van der Waals surface area contributed by atoms with Gasteiger partial charge in [0.2, 0.25) is 0 Å². The highest BCUT2D eigenvalue weighted by molar-refractivity contribution is 5.92. The summed E-state index contributed by atoms with van der Waals surface area (Å²) in [7, 11) is 0. The van der Waals surface area contributed by atoms with Gasteiger partial charge in [-0.25, -0.2) is 4.79 Å². The number of carbonyl (C=O) groups is 2. The van der Waals surface area contributed by atoms with Crippen molar-refractivity contribution in [3.63, 3.8) is 0 Å². The molecule has 0 fully saturated rings. The summed E-state index contributed by atoms with van der Waals surface area (Å²) in [5, 5.41) is 2.74. The van der Waals surface area contributed by atoms with Gasteiger partial charge in [0.05, 0.1) is 6.61 Å². The molecule has 1 amide bonds. The van der Waals surface area contributed by atoms with Crippen molar-refractivity contribution in [3.05, 3.63) is 53.6 Å². The molecule has 2 aromatic rings. The topological polar surface area (TPSA) is 73.9 Å². The van der Waals surface area contributed by atoms with Gasteiger partial charge in [0.25, 0.3) is 5.91 Å². The van der Waals surface area contributed by atoms with Crippen LogP contribution in [0.4, 0.5) is 5.69 Å². The maximum atomic E-state index is 12.1. The van der Waals surface area contributed by atoms with Crippen LogP contribution in [-0.2, 0) is 14.3 Å². The fourth-order valence-electron chi connectivity index (χ4n) is 2.37. The van der Waals surface area contributed by atoms with Crippen molar-refractivity contribution in [2.24, 2.45) is 0 Å². The Labute approximate surface area is 153 Å². The van der Waals surface area contributed by atoms with Crippen molar-refractivity contribution in [3.8, 4) is 11.5 Å². The molecule has 26 heavy (non-hydrogen) atoms. The van der Waals surface area contributed by atoms with E-state index in [1.54, 1.807) is 31.2 Å². The molecule has 0 aliphatic rings. The highest BCUT2D eigenvalue weighted by atomic mass is 16.6. The van der Waals surface area contributed by atoms with Crippen LogP contribution in [0.2, 0.25) is 0 Å². The Bertz CT molecular complexity index is 752. The molecular formula is C20H23NO5. The summed E-state index contributed by atoms with van der Waals surface area (Å²) in [4.78, 5) is 23.4. The van der Waals surface area contributed by atoms with Gasteiger partial charge in [-0.3, -0.25) is 4.79 Å². The predicted octanol–water partition coefficient (Wildman–Crippen LogP) is 3.26. The van der Waals surface area contributed by atoms with E-state index in [9.17, 15) is 9.59 Å². The minimum absolute atomic E-state index is 0.0976. The first kappa shape index (κ1) is 19.3. The standard InChI is InChI=1S/C20H23NO5/c1-4-24-19(23)13-25-17-10-6-9-16(11-17)21-18(22)12-26-20-14(2)7-5-8-15(20)3/h5-11H,4,12-13H2,1-3H3,(H,21,22). The molecule has 6 heteroatoms. The second-order valence-electron chi connectivity index (χ2n) is 5.68. The van der Waals surface area contributed by atoms with Crippen LogP contribution in [0.5, 0.6) is 11.5 Å². The molecule has 0 heterocycles. The summed E-state index contributed by atoms with van der Waals surface area (Å²) in [5.41, 5.74) is 2.51. The van der Waals surface area contributed by atoms with Gasteiger partial charge < -0.3 is 19.5 Å².